The molecule has 0 spiro atoms. The van der Waals surface area contributed by atoms with Gasteiger partial charge in [0.15, 0.2) is 5.75 Å². The Bertz CT molecular complexity index is 1200. The van der Waals surface area contributed by atoms with Crippen molar-refractivity contribution in [2.45, 2.75) is 26.7 Å². The summed E-state index contributed by atoms with van der Waals surface area (Å²) in [5.74, 6) is 1.02. The first-order valence-electron chi connectivity index (χ1n) is 9.49. The highest BCUT2D eigenvalue weighted by atomic mass is 19.1. The van der Waals surface area contributed by atoms with E-state index >= 15 is 0 Å². The third-order valence-electron chi connectivity index (χ3n) is 4.79. The Kier molecular flexibility index (Phi) is 5.38. The van der Waals surface area contributed by atoms with Crippen LogP contribution in [0.15, 0.2) is 54.9 Å². The van der Waals surface area contributed by atoms with E-state index in [0.29, 0.717) is 29.4 Å². The molecule has 0 aliphatic carbocycles. The Morgan fingerprint density at radius 3 is 2.70 bits per heavy atom. The van der Waals surface area contributed by atoms with Gasteiger partial charge in [-0.2, -0.15) is 10.1 Å². The maximum Gasteiger partial charge on any atom is 0.252 e. The standard InChI is InChI=1S/C22H20FN5O2/c1-14-18(15(2)28-22(26-14)24-13-25-28)11-12-21(29)27-19-5-3-4-6-20(19)30-17-9-7-16(23)8-10-17/h3-10,13H,11-12H2,1-2H3,(H,27,29). The second-order valence-electron chi connectivity index (χ2n) is 6.83. The molecule has 2 heterocycles. The number of halogens is 1. The molecule has 0 aliphatic heterocycles. The molecule has 30 heavy (non-hydrogen) atoms. The summed E-state index contributed by atoms with van der Waals surface area (Å²) in [6.45, 7) is 3.84. The van der Waals surface area contributed by atoms with Gasteiger partial charge in [0.2, 0.25) is 5.91 Å². The van der Waals surface area contributed by atoms with E-state index in [1.165, 1.54) is 30.6 Å². The van der Waals surface area contributed by atoms with E-state index in [0.717, 1.165) is 17.0 Å². The van der Waals surface area contributed by atoms with Crippen molar-refractivity contribution in [3.63, 3.8) is 0 Å². The maximum absolute atomic E-state index is 13.1. The van der Waals surface area contributed by atoms with Crippen LogP contribution in [0, 0.1) is 19.7 Å². The molecule has 0 aliphatic rings. The molecule has 4 rings (SSSR count). The minimum atomic E-state index is -0.340. The number of carbonyl (C=O) groups is 1. The van der Waals surface area contributed by atoms with Crippen molar-refractivity contribution >= 4 is 17.4 Å². The zero-order valence-electron chi connectivity index (χ0n) is 16.6. The van der Waals surface area contributed by atoms with Crippen LogP contribution in [0.5, 0.6) is 11.5 Å². The van der Waals surface area contributed by atoms with Crippen molar-refractivity contribution < 1.29 is 13.9 Å². The molecule has 8 heteroatoms. The molecule has 2 aromatic heterocycles. The lowest BCUT2D eigenvalue weighted by molar-refractivity contribution is -0.116. The van der Waals surface area contributed by atoms with Crippen LogP contribution >= 0.6 is 0 Å². The predicted octanol–water partition coefficient (Wildman–Crippen LogP) is 4.24. The molecule has 0 saturated carbocycles. The molecule has 7 nitrogen and oxygen atoms in total. The number of anilines is 1. The van der Waals surface area contributed by atoms with E-state index in [1.54, 1.807) is 22.7 Å². The molecule has 0 radical (unpaired) electrons. The van der Waals surface area contributed by atoms with E-state index in [9.17, 15) is 9.18 Å². The monoisotopic (exact) mass is 405 g/mol. The lowest BCUT2D eigenvalue weighted by Crippen LogP contribution is -2.14. The Balaban J connectivity index is 1.45. The lowest BCUT2D eigenvalue weighted by Gasteiger charge is -2.13. The van der Waals surface area contributed by atoms with Gasteiger partial charge < -0.3 is 10.1 Å². The van der Waals surface area contributed by atoms with Crippen LogP contribution in [0.1, 0.15) is 23.4 Å². The summed E-state index contributed by atoms with van der Waals surface area (Å²) in [6.07, 6.45) is 2.26. The summed E-state index contributed by atoms with van der Waals surface area (Å²) >= 11 is 0. The average molecular weight is 405 g/mol. The van der Waals surface area contributed by atoms with Crippen molar-refractivity contribution in [2.24, 2.45) is 0 Å². The number of nitrogens with one attached hydrogen (secondary N) is 1. The topological polar surface area (TPSA) is 81.4 Å². The normalized spacial score (nSPS) is 10.9. The first-order chi connectivity index (χ1) is 14.5. The van der Waals surface area contributed by atoms with Crippen molar-refractivity contribution in [2.75, 3.05) is 5.32 Å². The number of carbonyl (C=O) groups excluding carboxylic acids is 1. The van der Waals surface area contributed by atoms with Crippen molar-refractivity contribution in [3.8, 4) is 11.5 Å². The number of fused-ring (bicyclic) bond motifs is 1. The maximum atomic E-state index is 13.1. The number of amides is 1. The summed E-state index contributed by atoms with van der Waals surface area (Å²) in [4.78, 5) is 21.1. The van der Waals surface area contributed by atoms with E-state index in [4.69, 9.17) is 4.74 Å². The molecule has 4 aromatic rings. The summed E-state index contributed by atoms with van der Waals surface area (Å²) in [5.41, 5.74) is 3.27. The smallest absolute Gasteiger partial charge is 0.252 e. The molecule has 1 amide bonds. The van der Waals surface area contributed by atoms with Gasteiger partial charge in [-0.05, 0) is 62.2 Å². The Labute approximate surface area is 172 Å². The third kappa shape index (κ3) is 4.12. The number of para-hydroxylation sites is 2. The van der Waals surface area contributed by atoms with Gasteiger partial charge in [-0.3, -0.25) is 4.79 Å². The predicted molar refractivity (Wildman–Crippen MR) is 110 cm³/mol. The largest absolute Gasteiger partial charge is 0.455 e. The quantitative estimate of drug-likeness (QED) is 0.519. The minimum absolute atomic E-state index is 0.150. The fourth-order valence-corrected chi connectivity index (χ4v) is 3.26. The second kappa shape index (κ2) is 8.28. The highest BCUT2D eigenvalue weighted by Crippen LogP contribution is 2.29. The highest BCUT2D eigenvalue weighted by molar-refractivity contribution is 5.92. The number of hydrogen-bond acceptors (Lipinski definition) is 5. The van der Waals surface area contributed by atoms with Gasteiger partial charge in [-0.25, -0.2) is 13.9 Å². The zero-order chi connectivity index (χ0) is 21.1. The number of nitrogens with zero attached hydrogens (tertiary/aromatic N) is 4. The summed E-state index contributed by atoms with van der Waals surface area (Å²) in [7, 11) is 0. The van der Waals surface area contributed by atoms with Crippen LogP contribution in [0.4, 0.5) is 10.1 Å². The number of benzene rings is 2. The molecule has 2 aromatic carbocycles. The number of rotatable bonds is 6. The molecular weight excluding hydrogens is 385 g/mol. The van der Waals surface area contributed by atoms with Crippen molar-refractivity contribution in [3.05, 3.63) is 77.6 Å². The Hall–Kier alpha value is -3.81. The second-order valence-corrected chi connectivity index (χ2v) is 6.83. The molecular formula is C22H20FN5O2. The van der Waals surface area contributed by atoms with Gasteiger partial charge in [-0.15, -0.1) is 0 Å². The number of hydrogen-bond donors (Lipinski definition) is 1. The minimum Gasteiger partial charge on any atom is -0.455 e. The van der Waals surface area contributed by atoms with E-state index in [1.807, 2.05) is 19.9 Å². The van der Waals surface area contributed by atoms with Gasteiger partial charge in [0.25, 0.3) is 5.78 Å². The van der Waals surface area contributed by atoms with E-state index in [2.05, 4.69) is 20.4 Å². The van der Waals surface area contributed by atoms with Gasteiger partial charge in [0.05, 0.1) is 5.69 Å². The Morgan fingerprint density at radius 2 is 1.90 bits per heavy atom. The molecule has 0 unspecified atom stereocenters. The van der Waals surface area contributed by atoms with Gasteiger partial charge in [0.1, 0.15) is 17.9 Å². The van der Waals surface area contributed by atoms with Crippen LogP contribution in [0.3, 0.4) is 0 Å². The van der Waals surface area contributed by atoms with Gasteiger partial charge in [0, 0.05) is 17.8 Å². The van der Waals surface area contributed by atoms with Crippen LogP contribution in [0.2, 0.25) is 0 Å². The molecule has 0 fully saturated rings. The van der Waals surface area contributed by atoms with Crippen LogP contribution in [-0.2, 0) is 11.2 Å². The molecule has 1 N–H and O–H groups in total. The third-order valence-corrected chi connectivity index (χ3v) is 4.79. The summed E-state index contributed by atoms with van der Waals surface area (Å²) in [5, 5.41) is 7.06. The SMILES string of the molecule is Cc1nc2ncnn2c(C)c1CCC(=O)Nc1ccccc1Oc1ccc(F)cc1. The van der Waals surface area contributed by atoms with E-state index < -0.39 is 0 Å². The van der Waals surface area contributed by atoms with Crippen molar-refractivity contribution in [1.29, 1.82) is 0 Å². The number of ether oxygens (including phenoxy) is 1. The van der Waals surface area contributed by atoms with Crippen LogP contribution < -0.4 is 10.1 Å². The van der Waals surface area contributed by atoms with Crippen LogP contribution in [0.25, 0.3) is 5.78 Å². The highest BCUT2D eigenvalue weighted by Gasteiger charge is 2.14. The first kappa shape index (κ1) is 19.5. The fourth-order valence-electron chi connectivity index (χ4n) is 3.26. The molecule has 0 atom stereocenters. The average Bonchev–Trinajstić information content (AvgIpc) is 3.19. The zero-order valence-corrected chi connectivity index (χ0v) is 16.6. The van der Waals surface area contributed by atoms with Crippen LogP contribution in [-0.4, -0.2) is 25.5 Å². The number of aryl methyl sites for hydroxylation is 2. The molecule has 0 bridgehead atoms. The number of aromatic nitrogens is 4. The summed E-state index contributed by atoms with van der Waals surface area (Å²) < 4.78 is 20.6. The lowest BCUT2D eigenvalue weighted by atomic mass is 10.1. The van der Waals surface area contributed by atoms with Gasteiger partial charge >= 0.3 is 0 Å². The fraction of sp³-hybridized carbons (Fsp3) is 0.182. The first-order valence-corrected chi connectivity index (χ1v) is 9.49. The summed E-state index contributed by atoms with van der Waals surface area (Å²) in [6, 6.07) is 12.8. The molecule has 152 valence electrons. The van der Waals surface area contributed by atoms with E-state index in [-0.39, 0.29) is 18.1 Å². The molecule has 0 saturated heterocycles. The van der Waals surface area contributed by atoms with Gasteiger partial charge in [-0.1, -0.05) is 12.1 Å². The van der Waals surface area contributed by atoms with Crippen molar-refractivity contribution in [1.82, 2.24) is 19.6 Å². The Morgan fingerprint density at radius 1 is 1.13 bits per heavy atom.